The van der Waals surface area contributed by atoms with E-state index in [9.17, 15) is 0 Å². The van der Waals surface area contributed by atoms with E-state index >= 15 is 0 Å². The number of para-hydroxylation sites is 2. The van der Waals surface area contributed by atoms with Gasteiger partial charge in [0, 0.05) is 21.8 Å². The Balaban J connectivity index is 1.28. The van der Waals surface area contributed by atoms with Crippen LogP contribution in [0.2, 0.25) is 0 Å². The highest BCUT2D eigenvalue weighted by Gasteiger charge is 2.18. The molecule has 0 saturated heterocycles. The standard InChI is InChI=1S/C39H31NS/c1-30-10-8-16-38(34-11-4-2-5-12-34)39(30)40(35-13-6-3-7-14-35)36-26-23-33(24-27-36)22-19-31-17-20-32(21-18-31)25-28-37-15-9-29-41-37/h2-29H,1H3/b22-19+,28-25+. The Morgan fingerprint density at radius 2 is 1.05 bits per heavy atom. The zero-order valence-corrected chi connectivity index (χ0v) is 23.8. The van der Waals surface area contributed by atoms with Gasteiger partial charge < -0.3 is 4.90 Å². The van der Waals surface area contributed by atoms with Crippen LogP contribution in [-0.2, 0) is 0 Å². The van der Waals surface area contributed by atoms with Gasteiger partial charge in [-0.2, -0.15) is 0 Å². The molecule has 1 nitrogen and oxygen atoms in total. The van der Waals surface area contributed by atoms with Gasteiger partial charge in [-0.05, 0) is 76.5 Å². The van der Waals surface area contributed by atoms with Crippen LogP contribution in [0.15, 0.2) is 145 Å². The van der Waals surface area contributed by atoms with Gasteiger partial charge in [0.1, 0.15) is 0 Å². The monoisotopic (exact) mass is 545 g/mol. The van der Waals surface area contributed by atoms with E-state index in [2.05, 4.69) is 181 Å². The molecule has 5 aromatic carbocycles. The van der Waals surface area contributed by atoms with Crippen molar-refractivity contribution in [3.63, 3.8) is 0 Å². The highest BCUT2D eigenvalue weighted by Crippen LogP contribution is 2.42. The molecule has 198 valence electrons. The predicted octanol–water partition coefficient (Wildman–Crippen LogP) is 11.5. The average Bonchev–Trinajstić information content (AvgIpc) is 3.56. The fourth-order valence-corrected chi connectivity index (χ4v) is 5.62. The number of hydrogen-bond acceptors (Lipinski definition) is 2. The molecule has 0 amide bonds. The Hall–Kier alpha value is -4.92. The summed E-state index contributed by atoms with van der Waals surface area (Å²) >= 11 is 1.75. The highest BCUT2D eigenvalue weighted by molar-refractivity contribution is 7.10. The lowest BCUT2D eigenvalue weighted by molar-refractivity contribution is 1.25. The summed E-state index contributed by atoms with van der Waals surface area (Å²) in [6.07, 6.45) is 8.67. The van der Waals surface area contributed by atoms with Crippen LogP contribution in [0.1, 0.15) is 27.1 Å². The molecule has 0 atom stereocenters. The van der Waals surface area contributed by atoms with E-state index in [1.807, 2.05) is 0 Å². The summed E-state index contributed by atoms with van der Waals surface area (Å²) in [7, 11) is 0. The summed E-state index contributed by atoms with van der Waals surface area (Å²) in [6.45, 7) is 2.19. The van der Waals surface area contributed by atoms with Crippen molar-refractivity contribution in [2.24, 2.45) is 0 Å². The van der Waals surface area contributed by atoms with Gasteiger partial charge in [0.05, 0.1) is 5.69 Å². The van der Waals surface area contributed by atoms with Crippen LogP contribution < -0.4 is 4.90 Å². The minimum absolute atomic E-state index is 1.13. The predicted molar refractivity (Wildman–Crippen MR) is 180 cm³/mol. The lowest BCUT2D eigenvalue weighted by Crippen LogP contribution is -2.12. The van der Waals surface area contributed by atoms with E-state index in [1.54, 1.807) is 11.3 Å². The summed E-state index contributed by atoms with van der Waals surface area (Å²) in [5, 5.41) is 2.10. The van der Waals surface area contributed by atoms with Gasteiger partial charge in [-0.3, -0.25) is 0 Å². The minimum Gasteiger partial charge on any atom is -0.310 e. The van der Waals surface area contributed by atoms with Crippen molar-refractivity contribution in [3.05, 3.63) is 172 Å². The maximum absolute atomic E-state index is 2.37. The van der Waals surface area contributed by atoms with Crippen LogP contribution in [0.3, 0.4) is 0 Å². The number of hydrogen-bond donors (Lipinski definition) is 0. The lowest BCUT2D eigenvalue weighted by atomic mass is 9.98. The first-order chi connectivity index (χ1) is 20.2. The SMILES string of the molecule is Cc1cccc(-c2ccccc2)c1N(c1ccccc1)c1ccc(/C=C/c2ccc(/C=C/c3cccs3)cc2)cc1. The summed E-state index contributed by atoms with van der Waals surface area (Å²) in [5.74, 6) is 0. The molecule has 2 heteroatoms. The third-order valence-electron chi connectivity index (χ3n) is 7.10. The van der Waals surface area contributed by atoms with E-state index in [0.717, 1.165) is 16.9 Å². The highest BCUT2D eigenvalue weighted by atomic mass is 32.1. The zero-order chi connectivity index (χ0) is 27.9. The Bertz CT molecular complexity index is 1750. The van der Waals surface area contributed by atoms with Crippen LogP contribution in [0, 0.1) is 6.92 Å². The number of thiophene rings is 1. The lowest BCUT2D eigenvalue weighted by Gasteiger charge is -2.29. The largest absolute Gasteiger partial charge is 0.310 e. The molecule has 0 bridgehead atoms. The van der Waals surface area contributed by atoms with Crippen molar-refractivity contribution < 1.29 is 0 Å². The Morgan fingerprint density at radius 1 is 0.488 bits per heavy atom. The molecule has 0 saturated carbocycles. The fraction of sp³-hybridized carbons (Fsp3) is 0.0256. The first-order valence-corrected chi connectivity index (χ1v) is 14.7. The maximum atomic E-state index is 2.37. The first kappa shape index (κ1) is 26.3. The zero-order valence-electron chi connectivity index (χ0n) is 23.0. The molecule has 0 spiro atoms. The number of nitrogens with zero attached hydrogens (tertiary/aromatic N) is 1. The molecule has 41 heavy (non-hydrogen) atoms. The van der Waals surface area contributed by atoms with Crippen LogP contribution in [-0.4, -0.2) is 0 Å². The van der Waals surface area contributed by atoms with E-state index in [-0.39, 0.29) is 0 Å². The summed E-state index contributed by atoms with van der Waals surface area (Å²) in [6, 6.07) is 49.5. The molecule has 1 heterocycles. The average molecular weight is 546 g/mol. The quantitative estimate of drug-likeness (QED) is 0.172. The van der Waals surface area contributed by atoms with Gasteiger partial charge in [-0.25, -0.2) is 0 Å². The second kappa shape index (κ2) is 12.5. The van der Waals surface area contributed by atoms with E-state index in [4.69, 9.17) is 0 Å². The Kier molecular flexibility index (Phi) is 8.02. The topological polar surface area (TPSA) is 3.24 Å². The van der Waals surface area contributed by atoms with Crippen molar-refractivity contribution in [2.45, 2.75) is 6.92 Å². The third kappa shape index (κ3) is 6.30. The van der Waals surface area contributed by atoms with E-state index in [0.29, 0.717) is 0 Å². The van der Waals surface area contributed by atoms with Crippen molar-refractivity contribution >= 4 is 52.7 Å². The van der Waals surface area contributed by atoms with Crippen molar-refractivity contribution in [2.75, 3.05) is 4.90 Å². The fourth-order valence-electron chi connectivity index (χ4n) is 5.00. The number of rotatable bonds is 8. The Labute approximate surface area is 247 Å². The van der Waals surface area contributed by atoms with Gasteiger partial charge in [-0.1, -0.05) is 127 Å². The number of benzene rings is 5. The van der Waals surface area contributed by atoms with Crippen LogP contribution in [0.25, 0.3) is 35.4 Å². The smallest absolute Gasteiger partial charge is 0.0569 e. The normalized spacial score (nSPS) is 11.3. The summed E-state index contributed by atoms with van der Waals surface area (Å²) in [4.78, 5) is 3.63. The molecule has 0 aliphatic rings. The molecule has 0 fully saturated rings. The van der Waals surface area contributed by atoms with Crippen molar-refractivity contribution in [1.82, 2.24) is 0 Å². The number of aryl methyl sites for hydroxylation is 1. The van der Waals surface area contributed by atoms with Gasteiger partial charge >= 0.3 is 0 Å². The van der Waals surface area contributed by atoms with Gasteiger partial charge in [0.15, 0.2) is 0 Å². The van der Waals surface area contributed by atoms with Gasteiger partial charge in [0.25, 0.3) is 0 Å². The van der Waals surface area contributed by atoms with Crippen LogP contribution in [0.4, 0.5) is 17.1 Å². The summed E-state index contributed by atoms with van der Waals surface area (Å²) in [5.41, 5.74) is 10.7. The van der Waals surface area contributed by atoms with Gasteiger partial charge in [-0.15, -0.1) is 11.3 Å². The molecule has 6 aromatic rings. The summed E-state index contributed by atoms with van der Waals surface area (Å²) < 4.78 is 0. The maximum Gasteiger partial charge on any atom is 0.0569 e. The molecule has 0 radical (unpaired) electrons. The third-order valence-corrected chi connectivity index (χ3v) is 7.94. The molecule has 0 unspecified atom stereocenters. The van der Waals surface area contributed by atoms with Crippen molar-refractivity contribution in [1.29, 1.82) is 0 Å². The number of anilines is 3. The molecular formula is C39H31NS. The minimum atomic E-state index is 1.13. The van der Waals surface area contributed by atoms with Crippen LogP contribution in [0.5, 0.6) is 0 Å². The second-order valence-electron chi connectivity index (χ2n) is 9.95. The molecule has 0 aliphatic heterocycles. The molecule has 0 N–H and O–H groups in total. The van der Waals surface area contributed by atoms with Crippen LogP contribution >= 0.6 is 11.3 Å². The molecule has 1 aromatic heterocycles. The first-order valence-electron chi connectivity index (χ1n) is 13.8. The molecule has 6 rings (SSSR count). The van der Waals surface area contributed by atoms with Crippen molar-refractivity contribution in [3.8, 4) is 11.1 Å². The molecule has 0 aliphatic carbocycles. The van der Waals surface area contributed by atoms with Gasteiger partial charge in [0.2, 0.25) is 0 Å². The Morgan fingerprint density at radius 3 is 1.66 bits per heavy atom. The molecular weight excluding hydrogens is 515 g/mol. The second-order valence-corrected chi connectivity index (χ2v) is 10.9. The van der Waals surface area contributed by atoms with E-state index < -0.39 is 0 Å². The van der Waals surface area contributed by atoms with E-state index in [1.165, 1.54) is 38.4 Å².